The van der Waals surface area contributed by atoms with Crippen LogP contribution in [0.25, 0.3) is 0 Å². The van der Waals surface area contributed by atoms with Crippen molar-refractivity contribution in [3.8, 4) is 0 Å². The van der Waals surface area contributed by atoms with Crippen LogP contribution >= 0.6 is 0 Å². The van der Waals surface area contributed by atoms with E-state index in [0.29, 0.717) is 6.61 Å². The second-order valence-electron chi connectivity index (χ2n) is 2.93. The van der Waals surface area contributed by atoms with Gasteiger partial charge in [-0.05, 0) is 6.07 Å². The molecule has 3 heteroatoms. The summed E-state index contributed by atoms with van der Waals surface area (Å²) in [6.07, 6.45) is 2.61. The number of rotatable bonds is 4. The number of furan rings is 1. The van der Waals surface area contributed by atoms with Crippen molar-refractivity contribution < 1.29 is 14.3 Å². The molecular formula is C9H14O3. The molecule has 0 amide bonds. The highest BCUT2D eigenvalue weighted by Crippen LogP contribution is 2.21. The van der Waals surface area contributed by atoms with Crippen LogP contribution in [-0.4, -0.2) is 18.8 Å². The van der Waals surface area contributed by atoms with Crippen LogP contribution in [0, 0.1) is 5.92 Å². The smallest absolute Gasteiger partial charge is 0.0960 e. The van der Waals surface area contributed by atoms with E-state index in [1.54, 1.807) is 25.7 Å². The number of aliphatic hydroxyl groups excluding tert-OH is 1. The van der Waals surface area contributed by atoms with E-state index in [-0.39, 0.29) is 5.92 Å². The van der Waals surface area contributed by atoms with E-state index in [0.717, 1.165) is 5.56 Å². The highest BCUT2D eigenvalue weighted by molar-refractivity contribution is 5.09. The van der Waals surface area contributed by atoms with E-state index in [9.17, 15) is 5.11 Å². The minimum absolute atomic E-state index is 0.0904. The number of hydrogen-bond acceptors (Lipinski definition) is 3. The van der Waals surface area contributed by atoms with Gasteiger partial charge in [0, 0.05) is 18.6 Å². The van der Waals surface area contributed by atoms with Crippen molar-refractivity contribution in [1.29, 1.82) is 0 Å². The van der Waals surface area contributed by atoms with Gasteiger partial charge in [-0.3, -0.25) is 0 Å². The van der Waals surface area contributed by atoms with Gasteiger partial charge in [-0.25, -0.2) is 0 Å². The van der Waals surface area contributed by atoms with Crippen LogP contribution in [0.15, 0.2) is 23.0 Å². The van der Waals surface area contributed by atoms with Crippen molar-refractivity contribution >= 4 is 0 Å². The summed E-state index contributed by atoms with van der Waals surface area (Å²) in [4.78, 5) is 0. The Morgan fingerprint density at radius 1 is 1.67 bits per heavy atom. The molecule has 0 saturated carbocycles. The van der Waals surface area contributed by atoms with Crippen molar-refractivity contribution in [1.82, 2.24) is 0 Å². The molecule has 68 valence electrons. The fraction of sp³-hybridized carbons (Fsp3) is 0.556. The largest absolute Gasteiger partial charge is 0.472 e. The lowest BCUT2D eigenvalue weighted by Crippen LogP contribution is -2.13. The molecule has 0 aromatic carbocycles. The molecule has 2 unspecified atom stereocenters. The zero-order valence-corrected chi connectivity index (χ0v) is 7.36. The van der Waals surface area contributed by atoms with Crippen LogP contribution in [-0.2, 0) is 4.74 Å². The predicted molar refractivity (Wildman–Crippen MR) is 44.7 cm³/mol. The molecule has 0 aliphatic carbocycles. The average Bonchev–Trinajstić information content (AvgIpc) is 2.55. The highest BCUT2D eigenvalue weighted by atomic mass is 16.5. The first-order chi connectivity index (χ1) is 5.75. The Labute approximate surface area is 72.0 Å². The highest BCUT2D eigenvalue weighted by Gasteiger charge is 2.16. The van der Waals surface area contributed by atoms with Crippen molar-refractivity contribution in [2.75, 3.05) is 13.7 Å². The SMILES string of the molecule is COCC(C)C(O)c1ccoc1. The molecule has 0 saturated heterocycles. The third-order valence-electron chi connectivity index (χ3n) is 1.85. The Hall–Kier alpha value is -0.800. The van der Waals surface area contributed by atoms with Gasteiger partial charge in [-0.1, -0.05) is 6.92 Å². The summed E-state index contributed by atoms with van der Waals surface area (Å²) in [6, 6.07) is 1.76. The van der Waals surface area contributed by atoms with E-state index < -0.39 is 6.10 Å². The van der Waals surface area contributed by atoms with E-state index >= 15 is 0 Å². The van der Waals surface area contributed by atoms with Crippen LogP contribution in [0.3, 0.4) is 0 Å². The van der Waals surface area contributed by atoms with Gasteiger partial charge in [-0.15, -0.1) is 0 Å². The number of aliphatic hydroxyl groups is 1. The number of hydrogen-bond donors (Lipinski definition) is 1. The third kappa shape index (κ3) is 2.09. The minimum atomic E-state index is -0.497. The molecule has 0 spiro atoms. The lowest BCUT2D eigenvalue weighted by molar-refractivity contribution is 0.0563. The molecule has 0 bridgehead atoms. The van der Waals surface area contributed by atoms with Crippen molar-refractivity contribution in [2.24, 2.45) is 5.92 Å². The van der Waals surface area contributed by atoms with Crippen LogP contribution in [0.4, 0.5) is 0 Å². The normalized spacial score (nSPS) is 15.9. The Kier molecular flexibility index (Phi) is 3.31. The first-order valence-corrected chi connectivity index (χ1v) is 3.94. The molecule has 0 aliphatic heterocycles. The van der Waals surface area contributed by atoms with Gasteiger partial charge in [0.1, 0.15) is 0 Å². The summed E-state index contributed by atoms with van der Waals surface area (Å²) in [5.74, 6) is 0.0904. The van der Waals surface area contributed by atoms with Gasteiger partial charge in [0.05, 0.1) is 25.2 Å². The fourth-order valence-electron chi connectivity index (χ4n) is 1.13. The zero-order valence-electron chi connectivity index (χ0n) is 7.36. The molecule has 1 aromatic heterocycles. The van der Waals surface area contributed by atoms with Gasteiger partial charge in [0.15, 0.2) is 0 Å². The standard InChI is InChI=1S/C9H14O3/c1-7(5-11-2)9(10)8-3-4-12-6-8/h3-4,6-7,9-10H,5H2,1-2H3. The molecule has 0 aliphatic rings. The van der Waals surface area contributed by atoms with E-state index in [1.165, 1.54) is 0 Å². The monoisotopic (exact) mass is 170 g/mol. The first-order valence-electron chi connectivity index (χ1n) is 3.94. The molecule has 12 heavy (non-hydrogen) atoms. The molecule has 3 nitrogen and oxygen atoms in total. The van der Waals surface area contributed by atoms with Gasteiger partial charge in [0.2, 0.25) is 0 Å². The Morgan fingerprint density at radius 3 is 2.92 bits per heavy atom. The average molecular weight is 170 g/mol. The van der Waals surface area contributed by atoms with Crippen molar-refractivity contribution in [3.05, 3.63) is 24.2 Å². The summed E-state index contributed by atoms with van der Waals surface area (Å²) in [7, 11) is 1.62. The maximum atomic E-state index is 9.67. The Bertz CT molecular complexity index is 206. The maximum Gasteiger partial charge on any atom is 0.0960 e. The van der Waals surface area contributed by atoms with Crippen LogP contribution in [0.2, 0.25) is 0 Å². The quantitative estimate of drug-likeness (QED) is 0.746. The van der Waals surface area contributed by atoms with Crippen LogP contribution in [0.1, 0.15) is 18.6 Å². The molecule has 1 N–H and O–H groups in total. The van der Waals surface area contributed by atoms with E-state index in [4.69, 9.17) is 9.15 Å². The first kappa shape index (κ1) is 9.29. The predicted octanol–water partition coefficient (Wildman–Crippen LogP) is 1.60. The molecule has 1 rings (SSSR count). The second-order valence-corrected chi connectivity index (χ2v) is 2.93. The van der Waals surface area contributed by atoms with Crippen molar-refractivity contribution in [3.63, 3.8) is 0 Å². The van der Waals surface area contributed by atoms with E-state index in [1.807, 2.05) is 6.92 Å². The topological polar surface area (TPSA) is 42.6 Å². The summed E-state index contributed by atoms with van der Waals surface area (Å²) in [5.41, 5.74) is 0.805. The zero-order chi connectivity index (χ0) is 8.97. The molecule has 0 fully saturated rings. The molecule has 0 radical (unpaired) electrons. The van der Waals surface area contributed by atoms with Crippen LogP contribution in [0.5, 0.6) is 0 Å². The second kappa shape index (κ2) is 4.28. The van der Waals surface area contributed by atoms with E-state index in [2.05, 4.69) is 0 Å². The van der Waals surface area contributed by atoms with Gasteiger partial charge < -0.3 is 14.3 Å². The minimum Gasteiger partial charge on any atom is -0.472 e. The van der Waals surface area contributed by atoms with Gasteiger partial charge in [-0.2, -0.15) is 0 Å². The molecule has 1 aromatic rings. The van der Waals surface area contributed by atoms with Gasteiger partial charge in [0.25, 0.3) is 0 Å². The number of methoxy groups -OCH3 is 1. The summed E-state index contributed by atoms with van der Waals surface area (Å²) in [6.45, 7) is 2.48. The molecule has 1 heterocycles. The van der Waals surface area contributed by atoms with Crippen molar-refractivity contribution in [2.45, 2.75) is 13.0 Å². The fourth-order valence-corrected chi connectivity index (χ4v) is 1.13. The maximum absolute atomic E-state index is 9.67. The van der Waals surface area contributed by atoms with Gasteiger partial charge >= 0.3 is 0 Å². The Morgan fingerprint density at radius 2 is 2.42 bits per heavy atom. The summed E-state index contributed by atoms with van der Waals surface area (Å²) < 4.78 is 9.80. The summed E-state index contributed by atoms with van der Waals surface area (Å²) in [5, 5.41) is 9.67. The van der Waals surface area contributed by atoms with Crippen LogP contribution < -0.4 is 0 Å². The third-order valence-corrected chi connectivity index (χ3v) is 1.85. The molecule has 2 atom stereocenters. The summed E-state index contributed by atoms with van der Waals surface area (Å²) >= 11 is 0. The lowest BCUT2D eigenvalue weighted by atomic mass is 10.0. The Balaban J connectivity index is 2.53. The number of ether oxygens (including phenoxy) is 1. The molecular weight excluding hydrogens is 156 g/mol. The lowest BCUT2D eigenvalue weighted by Gasteiger charge is -2.15.